The standard InChI is InChI=1S/C18H19N3O2S2/c1-11-8-14(12(2)21(11)13-5-6-13)15(22)9-24-10-17-19-18(20-23-17)16-4-3-7-25-16/h3-4,7-8,13H,5-6,9-10H2,1-2H3. The quantitative estimate of drug-likeness (QED) is 0.563. The molecule has 7 heteroatoms. The van der Waals surface area contributed by atoms with E-state index in [1.165, 1.54) is 30.3 Å². The zero-order valence-electron chi connectivity index (χ0n) is 14.2. The molecule has 0 radical (unpaired) electrons. The number of carbonyl (C=O) groups excluding carboxylic acids is 1. The zero-order valence-corrected chi connectivity index (χ0v) is 15.8. The van der Waals surface area contributed by atoms with Gasteiger partial charge in [0.2, 0.25) is 11.7 Å². The van der Waals surface area contributed by atoms with E-state index >= 15 is 0 Å². The Hall–Kier alpha value is -1.86. The topological polar surface area (TPSA) is 60.9 Å². The molecule has 0 bridgehead atoms. The third-order valence-corrected chi connectivity index (χ3v) is 6.15. The lowest BCUT2D eigenvalue weighted by Crippen LogP contribution is -2.06. The molecule has 1 aliphatic rings. The number of Topliss-reactive ketones (excluding diaryl/α,β-unsaturated/α-hetero) is 1. The Morgan fingerprint density at radius 2 is 2.28 bits per heavy atom. The first-order valence-corrected chi connectivity index (χ1v) is 10.3. The van der Waals surface area contributed by atoms with Gasteiger partial charge in [0.05, 0.1) is 16.4 Å². The van der Waals surface area contributed by atoms with Crippen LogP contribution in [0, 0.1) is 13.8 Å². The molecule has 0 aliphatic heterocycles. The minimum Gasteiger partial charge on any atom is -0.345 e. The van der Waals surface area contributed by atoms with Crippen LogP contribution in [-0.4, -0.2) is 26.2 Å². The molecular weight excluding hydrogens is 354 g/mol. The number of carbonyl (C=O) groups is 1. The van der Waals surface area contributed by atoms with E-state index in [4.69, 9.17) is 4.52 Å². The van der Waals surface area contributed by atoms with Crippen molar-refractivity contribution in [2.75, 3.05) is 5.75 Å². The summed E-state index contributed by atoms with van der Waals surface area (Å²) in [5.74, 6) is 2.31. The van der Waals surface area contributed by atoms with Crippen molar-refractivity contribution in [2.24, 2.45) is 0 Å². The number of hydrogen-bond donors (Lipinski definition) is 0. The second kappa shape index (κ2) is 6.80. The van der Waals surface area contributed by atoms with Crippen LogP contribution in [0.2, 0.25) is 0 Å². The molecule has 3 heterocycles. The maximum Gasteiger partial charge on any atom is 0.236 e. The van der Waals surface area contributed by atoms with Crippen LogP contribution in [0.15, 0.2) is 28.1 Å². The first-order chi connectivity index (χ1) is 12.1. The van der Waals surface area contributed by atoms with Gasteiger partial charge in [-0.2, -0.15) is 4.98 Å². The van der Waals surface area contributed by atoms with E-state index < -0.39 is 0 Å². The number of aromatic nitrogens is 3. The monoisotopic (exact) mass is 373 g/mol. The smallest absolute Gasteiger partial charge is 0.236 e. The fourth-order valence-electron chi connectivity index (χ4n) is 3.08. The van der Waals surface area contributed by atoms with Crippen molar-refractivity contribution in [1.82, 2.24) is 14.7 Å². The summed E-state index contributed by atoms with van der Waals surface area (Å²) in [5, 5.41) is 5.98. The predicted molar refractivity (Wildman–Crippen MR) is 100 cm³/mol. The highest BCUT2D eigenvalue weighted by atomic mass is 32.2. The molecule has 130 valence electrons. The van der Waals surface area contributed by atoms with Crippen molar-refractivity contribution in [3.8, 4) is 10.7 Å². The Kier molecular flexibility index (Phi) is 4.52. The normalized spacial score (nSPS) is 14.2. The Balaban J connectivity index is 1.36. The number of thioether (sulfide) groups is 1. The van der Waals surface area contributed by atoms with Crippen molar-refractivity contribution < 1.29 is 9.32 Å². The van der Waals surface area contributed by atoms with E-state index in [0.717, 1.165) is 16.1 Å². The first-order valence-electron chi connectivity index (χ1n) is 8.29. The Morgan fingerprint density at radius 1 is 1.44 bits per heavy atom. The summed E-state index contributed by atoms with van der Waals surface area (Å²) in [6.07, 6.45) is 2.45. The van der Waals surface area contributed by atoms with Gasteiger partial charge < -0.3 is 9.09 Å². The van der Waals surface area contributed by atoms with Crippen molar-refractivity contribution in [1.29, 1.82) is 0 Å². The Bertz CT molecular complexity index is 892. The average Bonchev–Trinajstić information content (AvgIpc) is 3.02. The van der Waals surface area contributed by atoms with E-state index in [1.54, 1.807) is 11.3 Å². The molecule has 1 fully saturated rings. The van der Waals surface area contributed by atoms with Crippen LogP contribution in [-0.2, 0) is 5.75 Å². The van der Waals surface area contributed by atoms with Gasteiger partial charge in [-0.15, -0.1) is 23.1 Å². The van der Waals surface area contributed by atoms with Gasteiger partial charge in [-0.05, 0) is 44.2 Å². The van der Waals surface area contributed by atoms with Crippen LogP contribution in [0.1, 0.15) is 46.5 Å². The molecule has 0 amide bonds. The highest BCUT2D eigenvalue weighted by Crippen LogP contribution is 2.38. The van der Waals surface area contributed by atoms with Gasteiger partial charge in [0.1, 0.15) is 0 Å². The van der Waals surface area contributed by atoms with Gasteiger partial charge in [-0.1, -0.05) is 11.2 Å². The molecule has 3 aromatic rings. The lowest BCUT2D eigenvalue weighted by molar-refractivity contribution is 0.102. The fourth-order valence-corrected chi connectivity index (χ4v) is 4.47. The largest absolute Gasteiger partial charge is 0.345 e. The molecule has 25 heavy (non-hydrogen) atoms. The zero-order chi connectivity index (χ0) is 17.4. The second-order valence-electron chi connectivity index (χ2n) is 6.29. The summed E-state index contributed by atoms with van der Waals surface area (Å²) in [5.41, 5.74) is 3.14. The van der Waals surface area contributed by atoms with E-state index in [2.05, 4.69) is 28.6 Å². The number of thiophene rings is 1. The molecule has 1 aliphatic carbocycles. The van der Waals surface area contributed by atoms with Gasteiger partial charge in [0.15, 0.2) is 5.78 Å². The fraction of sp³-hybridized carbons (Fsp3) is 0.389. The van der Waals surface area contributed by atoms with E-state index in [9.17, 15) is 4.79 Å². The van der Waals surface area contributed by atoms with E-state index in [0.29, 0.717) is 29.3 Å². The van der Waals surface area contributed by atoms with Gasteiger partial charge in [0.25, 0.3) is 0 Å². The molecule has 0 saturated heterocycles. The minimum absolute atomic E-state index is 0.169. The van der Waals surface area contributed by atoms with Gasteiger partial charge in [-0.3, -0.25) is 4.79 Å². The third kappa shape index (κ3) is 3.43. The molecule has 0 spiro atoms. The maximum atomic E-state index is 12.6. The number of nitrogens with zero attached hydrogens (tertiary/aromatic N) is 3. The summed E-state index contributed by atoms with van der Waals surface area (Å²) >= 11 is 3.10. The van der Waals surface area contributed by atoms with E-state index in [-0.39, 0.29) is 5.78 Å². The summed E-state index contributed by atoms with van der Waals surface area (Å²) in [4.78, 5) is 17.9. The van der Waals surface area contributed by atoms with Gasteiger partial charge in [0, 0.05) is 23.0 Å². The van der Waals surface area contributed by atoms with E-state index in [1.807, 2.05) is 23.6 Å². The van der Waals surface area contributed by atoms with Gasteiger partial charge >= 0.3 is 0 Å². The highest BCUT2D eigenvalue weighted by Gasteiger charge is 2.28. The SMILES string of the molecule is Cc1cc(C(=O)CSCc2nc(-c3cccs3)no2)c(C)n1C1CC1. The van der Waals surface area contributed by atoms with Gasteiger partial charge in [-0.25, -0.2) is 0 Å². The van der Waals surface area contributed by atoms with Crippen LogP contribution < -0.4 is 0 Å². The molecular formula is C18H19N3O2S2. The average molecular weight is 374 g/mol. The van der Waals surface area contributed by atoms with Crippen LogP contribution in [0.25, 0.3) is 10.7 Å². The highest BCUT2D eigenvalue weighted by molar-refractivity contribution is 7.99. The Labute approximate surface area is 154 Å². The molecule has 5 nitrogen and oxygen atoms in total. The molecule has 0 aromatic carbocycles. The summed E-state index contributed by atoms with van der Waals surface area (Å²) in [6, 6.07) is 6.55. The number of ketones is 1. The minimum atomic E-state index is 0.169. The summed E-state index contributed by atoms with van der Waals surface area (Å²) < 4.78 is 7.58. The molecule has 0 N–H and O–H groups in total. The Morgan fingerprint density at radius 3 is 3.00 bits per heavy atom. The maximum absolute atomic E-state index is 12.6. The summed E-state index contributed by atoms with van der Waals surface area (Å²) in [7, 11) is 0. The third-order valence-electron chi connectivity index (χ3n) is 4.37. The first kappa shape index (κ1) is 16.6. The van der Waals surface area contributed by atoms with Crippen LogP contribution in [0.3, 0.4) is 0 Å². The molecule has 0 unspecified atom stereocenters. The number of rotatable bonds is 7. The molecule has 0 atom stereocenters. The number of hydrogen-bond acceptors (Lipinski definition) is 6. The lowest BCUT2D eigenvalue weighted by Gasteiger charge is -2.07. The molecule has 1 saturated carbocycles. The van der Waals surface area contributed by atoms with Crippen molar-refractivity contribution >= 4 is 28.9 Å². The number of aryl methyl sites for hydroxylation is 1. The molecule has 4 rings (SSSR count). The van der Waals surface area contributed by atoms with Crippen LogP contribution in [0.5, 0.6) is 0 Å². The second-order valence-corrected chi connectivity index (χ2v) is 8.22. The molecule has 3 aromatic heterocycles. The van der Waals surface area contributed by atoms with Crippen LogP contribution >= 0.6 is 23.1 Å². The van der Waals surface area contributed by atoms with Crippen LogP contribution in [0.4, 0.5) is 0 Å². The van der Waals surface area contributed by atoms with Crippen molar-refractivity contribution in [3.63, 3.8) is 0 Å². The lowest BCUT2D eigenvalue weighted by atomic mass is 10.2. The summed E-state index contributed by atoms with van der Waals surface area (Å²) in [6.45, 7) is 4.13. The predicted octanol–water partition coefficient (Wildman–Crippen LogP) is 4.67. The van der Waals surface area contributed by atoms with Crippen molar-refractivity contribution in [3.05, 3.63) is 46.4 Å². The van der Waals surface area contributed by atoms with Crippen molar-refractivity contribution in [2.45, 2.75) is 38.5 Å².